The molecule has 0 unspecified atom stereocenters. The van der Waals surface area contributed by atoms with Gasteiger partial charge in [-0.25, -0.2) is 4.99 Å². The zero-order chi connectivity index (χ0) is 10.6. The van der Waals surface area contributed by atoms with Crippen LogP contribution in [0.4, 0.5) is 0 Å². The van der Waals surface area contributed by atoms with E-state index >= 15 is 0 Å². The van der Waals surface area contributed by atoms with Crippen LogP contribution >= 0.6 is 0 Å². The van der Waals surface area contributed by atoms with Crippen molar-refractivity contribution in [1.82, 2.24) is 0 Å². The summed E-state index contributed by atoms with van der Waals surface area (Å²) in [6.07, 6.45) is 0. The van der Waals surface area contributed by atoms with Crippen molar-refractivity contribution < 1.29 is 4.74 Å². The van der Waals surface area contributed by atoms with E-state index in [1.54, 1.807) is 7.11 Å². The van der Waals surface area contributed by atoms with Crippen molar-refractivity contribution in [2.24, 2.45) is 16.5 Å². The van der Waals surface area contributed by atoms with Crippen molar-refractivity contribution in [2.75, 3.05) is 7.11 Å². The molecule has 0 heterocycles. The second-order valence-corrected chi connectivity index (χ2v) is 3.10. The molecule has 1 aromatic rings. The Hall–Kier alpha value is -1.71. The molecule has 0 saturated carbocycles. The van der Waals surface area contributed by atoms with Gasteiger partial charge in [0.25, 0.3) is 0 Å². The van der Waals surface area contributed by atoms with E-state index in [9.17, 15) is 0 Å². The molecule has 14 heavy (non-hydrogen) atoms. The number of nitrogens with zero attached hydrogens (tertiary/aromatic N) is 1. The molecular weight excluding hydrogens is 178 g/mol. The van der Waals surface area contributed by atoms with E-state index in [0.29, 0.717) is 6.54 Å². The van der Waals surface area contributed by atoms with Crippen molar-refractivity contribution >= 4 is 5.96 Å². The second-order valence-electron chi connectivity index (χ2n) is 3.10. The molecule has 0 atom stereocenters. The van der Waals surface area contributed by atoms with Crippen molar-refractivity contribution in [3.63, 3.8) is 0 Å². The first-order valence-corrected chi connectivity index (χ1v) is 4.32. The van der Waals surface area contributed by atoms with Crippen LogP contribution in [-0.4, -0.2) is 13.1 Å². The second kappa shape index (κ2) is 4.50. The van der Waals surface area contributed by atoms with Crippen molar-refractivity contribution in [2.45, 2.75) is 13.5 Å². The maximum atomic E-state index is 5.25. The Balaban J connectivity index is 2.86. The van der Waals surface area contributed by atoms with Gasteiger partial charge in [-0.2, -0.15) is 0 Å². The standard InChI is InChI=1S/C10H15N3O/c1-7-3-8(6-13-10(11)12)5-9(4-7)14-2/h3-5H,6H2,1-2H3,(H4,11,12,13). The summed E-state index contributed by atoms with van der Waals surface area (Å²) in [5.74, 6) is 0.927. The van der Waals surface area contributed by atoms with Crippen LogP contribution in [0.5, 0.6) is 5.75 Å². The molecule has 4 nitrogen and oxygen atoms in total. The van der Waals surface area contributed by atoms with Crippen LogP contribution in [0.1, 0.15) is 11.1 Å². The normalized spacial score (nSPS) is 9.57. The van der Waals surface area contributed by atoms with Gasteiger partial charge in [-0.1, -0.05) is 6.07 Å². The summed E-state index contributed by atoms with van der Waals surface area (Å²) >= 11 is 0. The van der Waals surface area contributed by atoms with Gasteiger partial charge in [-0.3, -0.25) is 0 Å². The molecule has 0 aliphatic heterocycles. The van der Waals surface area contributed by atoms with E-state index in [-0.39, 0.29) is 5.96 Å². The summed E-state index contributed by atoms with van der Waals surface area (Å²) < 4.78 is 5.13. The molecule has 0 aromatic heterocycles. The molecule has 0 radical (unpaired) electrons. The topological polar surface area (TPSA) is 73.6 Å². The van der Waals surface area contributed by atoms with Gasteiger partial charge in [0.2, 0.25) is 0 Å². The summed E-state index contributed by atoms with van der Waals surface area (Å²) in [5, 5.41) is 0. The minimum absolute atomic E-state index is 0.102. The number of ether oxygens (including phenoxy) is 1. The first-order chi connectivity index (χ1) is 6.61. The maximum Gasteiger partial charge on any atom is 0.186 e. The Bertz CT molecular complexity index is 343. The number of hydrogen-bond acceptors (Lipinski definition) is 2. The van der Waals surface area contributed by atoms with Gasteiger partial charge in [0, 0.05) is 0 Å². The van der Waals surface area contributed by atoms with Crippen LogP contribution in [0.3, 0.4) is 0 Å². The highest BCUT2D eigenvalue weighted by Crippen LogP contribution is 2.16. The molecule has 0 aliphatic rings. The molecule has 76 valence electrons. The molecule has 0 bridgehead atoms. The largest absolute Gasteiger partial charge is 0.497 e. The summed E-state index contributed by atoms with van der Waals surface area (Å²) in [7, 11) is 1.64. The van der Waals surface area contributed by atoms with E-state index in [4.69, 9.17) is 16.2 Å². The quantitative estimate of drug-likeness (QED) is 0.550. The Morgan fingerprint density at radius 1 is 1.36 bits per heavy atom. The third-order valence-electron chi connectivity index (χ3n) is 1.79. The smallest absolute Gasteiger partial charge is 0.186 e. The summed E-state index contributed by atoms with van der Waals surface area (Å²) in [5.41, 5.74) is 12.7. The Morgan fingerprint density at radius 3 is 2.64 bits per heavy atom. The molecule has 1 rings (SSSR count). The predicted octanol–water partition coefficient (Wildman–Crippen LogP) is 0.777. The first-order valence-electron chi connectivity index (χ1n) is 4.32. The molecule has 1 aromatic carbocycles. The van der Waals surface area contributed by atoms with E-state index in [1.807, 2.05) is 25.1 Å². The zero-order valence-corrected chi connectivity index (χ0v) is 8.45. The Kier molecular flexibility index (Phi) is 3.34. The Morgan fingerprint density at radius 2 is 2.07 bits per heavy atom. The van der Waals surface area contributed by atoms with Crippen LogP contribution < -0.4 is 16.2 Å². The van der Waals surface area contributed by atoms with E-state index in [1.165, 1.54) is 0 Å². The van der Waals surface area contributed by atoms with E-state index < -0.39 is 0 Å². The highest BCUT2D eigenvalue weighted by Gasteiger charge is 1.97. The monoisotopic (exact) mass is 193 g/mol. The maximum absolute atomic E-state index is 5.25. The Labute approximate surface area is 83.6 Å². The van der Waals surface area contributed by atoms with Crippen LogP contribution in [0, 0.1) is 6.92 Å². The van der Waals surface area contributed by atoms with Gasteiger partial charge in [-0.05, 0) is 30.2 Å². The van der Waals surface area contributed by atoms with Gasteiger partial charge in [0.15, 0.2) is 5.96 Å². The first kappa shape index (κ1) is 10.4. The number of hydrogen-bond donors (Lipinski definition) is 2. The zero-order valence-electron chi connectivity index (χ0n) is 8.45. The molecule has 0 amide bonds. The fourth-order valence-electron chi connectivity index (χ4n) is 1.22. The summed E-state index contributed by atoms with van der Waals surface area (Å²) in [6.45, 7) is 2.49. The SMILES string of the molecule is COc1cc(C)cc(CN=C(N)N)c1. The highest BCUT2D eigenvalue weighted by molar-refractivity contribution is 5.75. The summed E-state index contributed by atoms with van der Waals surface area (Å²) in [6, 6.07) is 5.90. The van der Waals surface area contributed by atoms with Crippen LogP contribution in [-0.2, 0) is 6.54 Å². The minimum Gasteiger partial charge on any atom is -0.497 e. The minimum atomic E-state index is 0.102. The fraction of sp³-hybridized carbons (Fsp3) is 0.300. The third-order valence-corrected chi connectivity index (χ3v) is 1.79. The average Bonchev–Trinajstić information content (AvgIpc) is 2.14. The number of benzene rings is 1. The average molecular weight is 193 g/mol. The molecular formula is C10H15N3O. The highest BCUT2D eigenvalue weighted by atomic mass is 16.5. The number of aryl methyl sites for hydroxylation is 1. The predicted molar refractivity (Wildman–Crippen MR) is 57.2 cm³/mol. The van der Waals surface area contributed by atoms with Gasteiger partial charge >= 0.3 is 0 Å². The number of aliphatic imine (C=N–C) groups is 1. The molecule has 4 heteroatoms. The lowest BCUT2D eigenvalue weighted by molar-refractivity contribution is 0.414. The molecule has 0 aliphatic carbocycles. The van der Waals surface area contributed by atoms with Crippen LogP contribution in [0.2, 0.25) is 0 Å². The number of guanidine groups is 1. The van der Waals surface area contributed by atoms with Crippen molar-refractivity contribution in [3.8, 4) is 5.75 Å². The van der Waals surface area contributed by atoms with Gasteiger partial charge < -0.3 is 16.2 Å². The fourth-order valence-corrected chi connectivity index (χ4v) is 1.22. The number of methoxy groups -OCH3 is 1. The van der Waals surface area contributed by atoms with Gasteiger partial charge in [0.05, 0.1) is 13.7 Å². The molecule has 4 N–H and O–H groups in total. The van der Waals surface area contributed by atoms with E-state index in [2.05, 4.69) is 4.99 Å². The van der Waals surface area contributed by atoms with Gasteiger partial charge in [0.1, 0.15) is 5.75 Å². The van der Waals surface area contributed by atoms with Crippen molar-refractivity contribution in [3.05, 3.63) is 29.3 Å². The number of nitrogens with two attached hydrogens (primary N) is 2. The third kappa shape index (κ3) is 2.97. The lowest BCUT2D eigenvalue weighted by atomic mass is 10.1. The lowest BCUT2D eigenvalue weighted by Gasteiger charge is -2.04. The molecule has 0 fully saturated rings. The summed E-state index contributed by atoms with van der Waals surface area (Å²) in [4.78, 5) is 3.93. The number of rotatable bonds is 3. The van der Waals surface area contributed by atoms with Gasteiger partial charge in [-0.15, -0.1) is 0 Å². The van der Waals surface area contributed by atoms with Crippen LogP contribution in [0.15, 0.2) is 23.2 Å². The van der Waals surface area contributed by atoms with E-state index in [0.717, 1.165) is 16.9 Å². The van der Waals surface area contributed by atoms with Crippen molar-refractivity contribution in [1.29, 1.82) is 0 Å². The molecule has 0 spiro atoms. The van der Waals surface area contributed by atoms with Crippen LogP contribution in [0.25, 0.3) is 0 Å². The molecule has 0 saturated heterocycles. The lowest BCUT2D eigenvalue weighted by Crippen LogP contribution is -2.22.